The maximum atomic E-state index is 14.1. The summed E-state index contributed by atoms with van der Waals surface area (Å²) in [4.78, 5) is 72.1. The van der Waals surface area contributed by atoms with Gasteiger partial charge in [0.05, 0.1) is 0 Å². The van der Waals surface area contributed by atoms with Gasteiger partial charge in [-0.25, -0.2) is 0 Å². The smallest absolute Gasteiger partial charge is 0.248 e. The molecule has 0 bridgehead atoms. The molecule has 46 heavy (non-hydrogen) atoms. The van der Waals surface area contributed by atoms with Crippen LogP contribution >= 0.6 is 0 Å². The van der Waals surface area contributed by atoms with Gasteiger partial charge < -0.3 is 31.6 Å². The third kappa shape index (κ3) is 6.63. The topological polar surface area (TPSA) is 166 Å². The van der Waals surface area contributed by atoms with Crippen LogP contribution < -0.4 is 21.7 Å². The number of primary amides is 1. The van der Waals surface area contributed by atoms with Crippen molar-refractivity contribution >= 4 is 40.4 Å². The second kappa shape index (κ2) is 13.3. The molecule has 0 unspecified atom stereocenters. The summed E-state index contributed by atoms with van der Waals surface area (Å²) < 4.78 is 0. The Morgan fingerprint density at radius 2 is 1.33 bits per heavy atom. The number of para-hydroxylation sites is 1. The van der Waals surface area contributed by atoms with Crippen LogP contribution in [0.15, 0.2) is 85.1 Å². The van der Waals surface area contributed by atoms with Crippen molar-refractivity contribution in [3.8, 4) is 0 Å². The largest absolute Gasteiger partial charge is 0.366 e. The Morgan fingerprint density at radius 1 is 0.717 bits per heavy atom. The Bertz CT molecular complexity index is 1770. The highest BCUT2D eigenvalue weighted by molar-refractivity contribution is 5.98. The van der Waals surface area contributed by atoms with E-state index in [4.69, 9.17) is 5.73 Å². The van der Waals surface area contributed by atoms with Gasteiger partial charge in [0.15, 0.2) is 0 Å². The van der Waals surface area contributed by atoms with Gasteiger partial charge in [0, 0.05) is 48.5 Å². The van der Waals surface area contributed by atoms with Crippen LogP contribution in [0.2, 0.25) is 0 Å². The first-order chi connectivity index (χ1) is 22.3. The molecule has 4 aromatic rings. The van der Waals surface area contributed by atoms with Crippen LogP contribution in [0, 0.1) is 0 Å². The van der Waals surface area contributed by atoms with Crippen LogP contribution in [0.3, 0.4) is 0 Å². The molecule has 5 amide bonds. The average Bonchev–Trinajstić information content (AvgIpc) is 3.72. The molecular weight excluding hydrogens is 584 g/mol. The van der Waals surface area contributed by atoms with Crippen LogP contribution in [0.25, 0.3) is 10.9 Å². The van der Waals surface area contributed by atoms with E-state index in [1.54, 1.807) is 30.5 Å². The number of fused-ring (bicyclic) bond motifs is 2. The summed E-state index contributed by atoms with van der Waals surface area (Å²) in [7, 11) is 0. The zero-order chi connectivity index (χ0) is 32.2. The van der Waals surface area contributed by atoms with E-state index in [0.29, 0.717) is 30.5 Å². The van der Waals surface area contributed by atoms with Crippen LogP contribution in [0.4, 0.5) is 0 Å². The second-order valence-electron chi connectivity index (χ2n) is 11.9. The lowest BCUT2D eigenvalue weighted by Crippen LogP contribution is -2.62. The van der Waals surface area contributed by atoms with E-state index in [9.17, 15) is 24.0 Å². The number of rotatable bonds is 7. The molecule has 6 N–H and O–H groups in total. The van der Waals surface area contributed by atoms with E-state index in [2.05, 4.69) is 20.9 Å². The van der Waals surface area contributed by atoms with Crippen LogP contribution in [-0.4, -0.2) is 70.1 Å². The normalized spacial score (nSPS) is 22.3. The second-order valence-corrected chi connectivity index (χ2v) is 11.9. The van der Waals surface area contributed by atoms with Gasteiger partial charge in [0.1, 0.15) is 24.2 Å². The molecule has 6 rings (SSSR count). The highest BCUT2D eigenvalue weighted by Gasteiger charge is 2.40. The van der Waals surface area contributed by atoms with Crippen molar-refractivity contribution in [3.05, 3.63) is 107 Å². The number of nitrogens with zero attached hydrogens (tertiary/aromatic N) is 1. The number of carbonyl (C=O) groups is 5. The minimum absolute atomic E-state index is 0.0926. The first-order valence-electron chi connectivity index (χ1n) is 15.5. The summed E-state index contributed by atoms with van der Waals surface area (Å²) in [6.45, 7) is 0.363. The van der Waals surface area contributed by atoms with Crippen LogP contribution in [0.1, 0.15) is 39.9 Å². The lowest BCUT2D eigenvalue weighted by molar-refractivity contribution is -0.143. The Kier molecular flexibility index (Phi) is 8.82. The summed E-state index contributed by atoms with van der Waals surface area (Å²) in [5.41, 5.74) is 8.94. The number of hydrogen-bond acceptors (Lipinski definition) is 5. The van der Waals surface area contributed by atoms with Gasteiger partial charge in [-0.3, -0.25) is 24.0 Å². The van der Waals surface area contributed by atoms with Gasteiger partial charge in [-0.1, -0.05) is 60.7 Å². The monoisotopic (exact) mass is 620 g/mol. The van der Waals surface area contributed by atoms with Gasteiger partial charge in [0.25, 0.3) is 0 Å². The average molecular weight is 621 g/mol. The van der Waals surface area contributed by atoms with Crippen molar-refractivity contribution in [3.63, 3.8) is 0 Å². The van der Waals surface area contributed by atoms with Crippen molar-refractivity contribution in [2.45, 2.75) is 56.3 Å². The summed E-state index contributed by atoms with van der Waals surface area (Å²) in [6.07, 6.45) is 3.33. The third-order valence-electron chi connectivity index (χ3n) is 8.78. The van der Waals surface area contributed by atoms with E-state index in [0.717, 1.165) is 22.0 Å². The third-order valence-corrected chi connectivity index (χ3v) is 8.78. The number of aromatic amines is 1. The minimum atomic E-state index is -1.05. The number of carbonyl (C=O) groups excluding carboxylic acids is 5. The molecule has 2 aliphatic rings. The van der Waals surface area contributed by atoms with Gasteiger partial charge >= 0.3 is 0 Å². The van der Waals surface area contributed by atoms with Gasteiger partial charge in [0.2, 0.25) is 29.5 Å². The molecule has 2 aliphatic heterocycles. The number of H-pyrrole nitrogens is 1. The molecule has 1 aromatic heterocycles. The van der Waals surface area contributed by atoms with E-state index < -0.39 is 47.8 Å². The highest BCUT2D eigenvalue weighted by atomic mass is 16.2. The fourth-order valence-electron chi connectivity index (χ4n) is 6.35. The molecule has 0 radical (unpaired) electrons. The Morgan fingerprint density at radius 3 is 2.07 bits per heavy atom. The minimum Gasteiger partial charge on any atom is -0.366 e. The summed E-state index contributed by atoms with van der Waals surface area (Å²) in [5.74, 6) is -2.39. The number of aromatic nitrogens is 1. The molecule has 11 heteroatoms. The Balaban J connectivity index is 1.35. The van der Waals surface area contributed by atoms with Crippen molar-refractivity contribution in [2.24, 2.45) is 5.73 Å². The molecular formula is C35H36N6O5. The molecule has 2 saturated heterocycles. The van der Waals surface area contributed by atoms with E-state index in [1.807, 2.05) is 54.6 Å². The fraction of sp³-hybridized carbons (Fsp3) is 0.286. The van der Waals surface area contributed by atoms with Gasteiger partial charge in [-0.15, -0.1) is 0 Å². The molecule has 3 heterocycles. The van der Waals surface area contributed by atoms with Crippen molar-refractivity contribution in [2.75, 3.05) is 6.54 Å². The fourth-order valence-corrected chi connectivity index (χ4v) is 6.35. The van der Waals surface area contributed by atoms with Crippen molar-refractivity contribution < 1.29 is 24.0 Å². The predicted octanol–water partition coefficient (Wildman–Crippen LogP) is 1.75. The SMILES string of the molecule is NC(=O)c1ccc(C[C@@H]2NC(=O)[C@H]3CCCN3C(=O)[C@H](Cc3ccccc3)NC(=O)[C@@H](Cc3c[nH]c4ccccc34)NC2=O)cc1. The highest BCUT2D eigenvalue weighted by Crippen LogP contribution is 2.22. The number of amides is 5. The Labute approximate surface area is 265 Å². The van der Waals surface area contributed by atoms with Crippen LogP contribution in [0.5, 0.6) is 0 Å². The first-order valence-corrected chi connectivity index (χ1v) is 15.5. The van der Waals surface area contributed by atoms with Crippen molar-refractivity contribution in [1.29, 1.82) is 0 Å². The number of benzene rings is 3. The maximum absolute atomic E-state index is 14.1. The predicted molar refractivity (Wildman–Crippen MR) is 171 cm³/mol. The van der Waals surface area contributed by atoms with Crippen molar-refractivity contribution in [1.82, 2.24) is 25.8 Å². The summed E-state index contributed by atoms with van der Waals surface area (Å²) in [6, 6.07) is 19.7. The summed E-state index contributed by atoms with van der Waals surface area (Å²) >= 11 is 0. The summed E-state index contributed by atoms with van der Waals surface area (Å²) in [5, 5.41) is 9.62. The molecule has 3 aromatic carbocycles. The number of nitrogens with one attached hydrogen (secondary N) is 4. The molecule has 0 spiro atoms. The Hall–Kier alpha value is -5.45. The molecule has 0 saturated carbocycles. The zero-order valence-electron chi connectivity index (χ0n) is 25.2. The van der Waals surface area contributed by atoms with E-state index in [-0.39, 0.29) is 25.2 Å². The van der Waals surface area contributed by atoms with E-state index in [1.165, 1.54) is 4.90 Å². The first kappa shape index (κ1) is 30.6. The van der Waals surface area contributed by atoms with Gasteiger partial charge in [-0.05, 0) is 47.7 Å². The molecule has 0 aliphatic carbocycles. The molecule has 4 atom stereocenters. The lowest BCUT2D eigenvalue weighted by atomic mass is 9.99. The number of nitrogens with two attached hydrogens (primary N) is 1. The maximum Gasteiger partial charge on any atom is 0.248 e. The zero-order valence-corrected chi connectivity index (χ0v) is 25.2. The standard InChI is InChI=1S/C35H36N6O5/c36-31(42)23-14-12-22(13-15-23)17-27-32(43)38-28(19-24-20-37-26-10-5-4-9-25(24)26)33(44)40-29(18-21-7-2-1-3-8-21)35(46)41-16-6-11-30(41)34(45)39-27/h1-5,7-10,12-15,20,27-30,37H,6,11,16-19H2,(H2,36,42)(H,38,43)(H,39,45)(H,40,44)/t27-,28+,29-,30+/m0/s1. The van der Waals surface area contributed by atoms with Crippen LogP contribution in [-0.2, 0) is 38.4 Å². The molecule has 236 valence electrons. The quantitative estimate of drug-likeness (QED) is 0.212. The van der Waals surface area contributed by atoms with E-state index >= 15 is 0 Å². The molecule has 2 fully saturated rings. The van der Waals surface area contributed by atoms with Gasteiger partial charge in [-0.2, -0.15) is 0 Å². The number of hydrogen-bond donors (Lipinski definition) is 5. The molecule has 11 nitrogen and oxygen atoms in total. The lowest BCUT2D eigenvalue weighted by Gasteiger charge is -2.32.